The van der Waals surface area contributed by atoms with E-state index in [9.17, 15) is 22.8 Å². The summed E-state index contributed by atoms with van der Waals surface area (Å²) >= 11 is 0. The molecular formula is C17H25N3O6S. The number of nitrogens with one attached hydrogen (secondary N) is 3. The maximum Gasteiger partial charge on any atom is 0.338 e. The number of hydrogen-bond acceptors (Lipinski definition) is 6. The van der Waals surface area contributed by atoms with E-state index in [4.69, 9.17) is 4.74 Å². The van der Waals surface area contributed by atoms with Gasteiger partial charge in [0, 0.05) is 12.6 Å². The summed E-state index contributed by atoms with van der Waals surface area (Å²) in [5, 5.41) is 4.92. The molecule has 0 aromatic heterocycles. The molecule has 0 bridgehead atoms. The molecule has 1 aromatic rings. The van der Waals surface area contributed by atoms with E-state index in [1.807, 2.05) is 6.92 Å². The Morgan fingerprint density at radius 2 is 1.85 bits per heavy atom. The Kier molecular flexibility index (Phi) is 8.89. The SMILES string of the molecule is CCCNS(=O)(=O)c1cccc(C(=O)OCC(=O)NCC(=O)NC(C)C)c1. The third-order valence-electron chi connectivity index (χ3n) is 3.15. The van der Waals surface area contributed by atoms with Gasteiger partial charge in [-0.1, -0.05) is 13.0 Å². The highest BCUT2D eigenvalue weighted by molar-refractivity contribution is 7.89. The standard InChI is InChI=1S/C17H25N3O6S/c1-4-8-19-27(24,25)14-7-5-6-13(9-14)17(23)26-11-16(22)18-10-15(21)20-12(2)3/h5-7,9,12,19H,4,8,10-11H2,1-3H3,(H,18,22)(H,20,21). The van der Waals surface area contributed by atoms with Crippen LogP contribution in [0, 0.1) is 0 Å². The van der Waals surface area contributed by atoms with E-state index in [1.54, 1.807) is 13.8 Å². The van der Waals surface area contributed by atoms with Crippen LogP contribution in [0.1, 0.15) is 37.6 Å². The van der Waals surface area contributed by atoms with Crippen LogP contribution in [0.4, 0.5) is 0 Å². The normalized spacial score (nSPS) is 11.1. The van der Waals surface area contributed by atoms with Gasteiger partial charge in [-0.25, -0.2) is 17.9 Å². The van der Waals surface area contributed by atoms with Gasteiger partial charge in [0.05, 0.1) is 17.0 Å². The minimum Gasteiger partial charge on any atom is -0.452 e. The van der Waals surface area contributed by atoms with E-state index in [-0.39, 0.29) is 35.5 Å². The van der Waals surface area contributed by atoms with Gasteiger partial charge in [0.15, 0.2) is 6.61 Å². The van der Waals surface area contributed by atoms with Gasteiger partial charge in [0.2, 0.25) is 15.9 Å². The van der Waals surface area contributed by atoms with Crippen molar-refractivity contribution >= 4 is 27.8 Å². The summed E-state index contributed by atoms with van der Waals surface area (Å²) in [4.78, 5) is 35.0. The Balaban J connectivity index is 2.59. The summed E-state index contributed by atoms with van der Waals surface area (Å²) in [6.45, 7) is 4.86. The number of carbonyl (C=O) groups excluding carboxylic acids is 3. The fraction of sp³-hybridized carbons (Fsp3) is 0.471. The van der Waals surface area contributed by atoms with E-state index in [1.165, 1.54) is 24.3 Å². The first kappa shape index (κ1) is 22.6. The van der Waals surface area contributed by atoms with Crippen LogP contribution >= 0.6 is 0 Å². The van der Waals surface area contributed by atoms with Crippen molar-refractivity contribution in [3.63, 3.8) is 0 Å². The Bertz CT molecular complexity index is 777. The van der Waals surface area contributed by atoms with E-state index < -0.39 is 28.5 Å². The van der Waals surface area contributed by atoms with Gasteiger partial charge in [0.1, 0.15) is 0 Å². The number of ether oxygens (including phenoxy) is 1. The molecule has 0 unspecified atom stereocenters. The van der Waals surface area contributed by atoms with Crippen LogP contribution in [0.15, 0.2) is 29.2 Å². The molecule has 0 saturated carbocycles. The molecule has 0 saturated heterocycles. The summed E-state index contributed by atoms with van der Waals surface area (Å²) in [5.41, 5.74) is -0.000255. The molecule has 150 valence electrons. The van der Waals surface area contributed by atoms with Crippen LogP contribution in [-0.4, -0.2) is 51.9 Å². The topological polar surface area (TPSA) is 131 Å². The molecule has 0 heterocycles. The number of hydrogen-bond donors (Lipinski definition) is 3. The first-order valence-electron chi connectivity index (χ1n) is 8.48. The highest BCUT2D eigenvalue weighted by atomic mass is 32.2. The molecule has 0 aliphatic rings. The molecule has 0 fully saturated rings. The Morgan fingerprint density at radius 3 is 2.48 bits per heavy atom. The minimum atomic E-state index is -3.72. The molecule has 2 amide bonds. The van der Waals surface area contributed by atoms with E-state index in [2.05, 4.69) is 15.4 Å². The predicted octanol–water partition coefficient (Wildman–Crippen LogP) is 0.173. The molecular weight excluding hydrogens is 374 g/mol. The summed E-state index contributed by atoms with van der Waals surface area (Å²) in [6, 6.07) is 5.27. The van der Waals surface area contributed by atoms with Gasteiger partial charge < -0.3 is 15.4 Å². The van der Waals surface area contributed by atoms with Gasteiger partial charge in [-0.3, -0.25) is 9.59 Å². The smallest absolute Gasteiger partial charge is 0.338 e. The fourth-order valence-electron chi connectivity index (χ4n) is 1.93. The van der Waals surface area contributed by atoms with E-state index in [0.717, 1.165) is 0 Å². The summed E-state index contributed by atoms with van der Waals surface area (Å²) in [6.07, 6.45) is 0.630. The maximum absolute atomic E-state index is 12.1. The van der Waals surface area contributed by atoms with Gasteiger partial charge in [0.25, 0.3) is 5.91 Å². The van der Waals surface area contributed by atoms with Crippen LogP contribution in [0.25, 0.3) is 0 Å². The van der Waals surface area contributed by atoms with Crippen molar-refractivity contribution in [2.45, 2.75) is 38.1 Å². The predicted molar refractivity (Wildman–Crippen MR) is 98.5 cm³/mol. The molecule has 9 nitrogen and oxygen atoms in total. The van der Waals surface area contributed by atoms with Crippen LogP contribution < -0.4 is 15.4 Å². The van der Waals surface area contributed by atoms with Crippen LogP contribution in [-0.2, 0) is 24.3 Å². The van der Waals surface area contributed by atoms with Crippen LogP contribution in [0.3, 0.4) is 0 Å². The van der Waals surface area contributed by atoms with Crippen molar-refractivity contribution in [3.8, 4) is 0 Å². The van der Waals surface area contributed by atoms with Gasteiger partial charge >= 0.3 is 5.97 Å². The number of rotatable bonds is 10. The highest BCUT2D eigenvalue weighted by Crippen LogP contribution is 2.12. The lowest BCUT2D eigenvalue weighted by Gasteiger charge is -2.10. The lowest BCUT2D eigenvalue weighted by molar-refractivity contribution is -0.128. The zero-order valence-electron chi connectivity index (χ0n) is 15.6. The minimum absolute atomic E-state index is 0.000255. The molecule has 0 atom stereocenters. The third-order valence-corrected chi connectivity index (χ3v) is 4.61. The zero-order valence-corrected chi connectivity index (χ0v) is 16.4. The van der Waals surface area contributed by atoms with Crippen molar-refractivity contribution in [2.75, 3.05) is 19.7 Å². The highest BCUT2D eigenvalue weighted by Gasteiger charge is 2.17. The molecule has 0 aliphatic heterocycles. The first-order chi connectivity index (χ1) is 12.7. The number of amides is 2. The Morgan fingerprint density at radius 1 is 1.15 bits per heavy atom. The summed E-state index contributed by atoms with van der Waals surface area (Å²) in [5.74, 6) is -1.85. The molecule has 1 aromatic carbocycles. The van der Waals surface area contributed by atoms with Crippen molar-refractivity contribution in [2.24, 2.45) is 0 Å². The molecule has 3 N–H and O–H groups in total. The monoisotopic (exact) mass is 399 g/mol. The molecule has 1 rings (SSSR count). The number of carbonyl (C=O) groups is 3. The zero-order chi connectivity index (χ0) is 20.4. The van der Waals surface area contributed by atoms with Crippen molar-refractivity contribution < 1.29 is 27.5 Å². The molecule has 0 aliphatic carbocycles. The molecule has 27 heavy (non-hydrogen) atoms. The summed E-state index contributed by atoms with van der Waals surface area (Å²) in [7, 11) is -3.72. The number of benzene rings is 1. The van der Waals surface area contributed by atoms with Crippen molar-refractivity contribution in [1.29, 1.82) is 0 Å². The van der Waals surface area contributed by atoms with Gasteiger partial charge in [-0.2, -0.15) is 0 Å². The first-order valence-corrected chi connectivity index (χ1v) is 9.97. The second kappa shape index (κ2) is 10.6. The summed E-state index contributed by atoms with van der Waals surface area (Å²) < 4.78 is 31.4. The lowest BCUT2D eigenvalue weighted by Crippen LogP contribution is -2.41. The van der Waals surface area contributed by atoms with Gasteiger partial charge in [-0.15, -0.1) is 0 Å². The molecule has 10 heteroatoms. The largest absolute Gasteiger partial charge is 0.452 e. The van der Waals surface area contributed by atoms with E-state index >= 15 is 0 Å². The van der Waals surface area contributed by atoms with E-state index in [0.29, 0.717) is 6.42 Å². The number of esters is 1. The Hall–Kier alpha value is -2.46. The quantitative estimate of drug-likeness (QED) is 0.481. The average Bonchev–Trinajstić information content (AvgIpc) is 2.62. The third kappa shape index (κ3) is 8.18. The second-order valence-corrected chi connectivity index (χ2v) is 7.77. The maximum atomic E-state index is 12.1. The van der Waals surface area contributed by atoms with Crippen molar-refractivity contribution in [1.82, 2.24) is 15.4 Å². The van der Waals surface area contributed by atoms with Gasteiger partial charge in [-0.05, 0) is 38.5 Å². The van der Waals surface area contributed by atoms with Crippen molar-refractivity contribution in [3.05, 3.63) is 29.8 Å². The number of sulfonamides is 1. The fourth-order valence-corrected chi connectivity index (χ4v) is 3.11. The lowest BCUT2D eigenvalue weighted by atomic mass is 10.2. The Labute approximate surface area is 158 Å². The van der Waals surface area contributed by atoms with Crippen LogP contribution in [0.5, 0.6) is 0 Å². The molecule has 0 spiro atoms. The molecule has 0 radical (unpaired) electrons. The van der Waals surface area contributed by atoms with Crippen LogP contribution in [0.2, 0.25) is 0 Å². The second-order valence-electron chi connectivity index (χ2n) is 6.00. The average molecular weight is 399 g/mol.